The molecule has 0 aromatic heterocycles. The van der Waals surface area contributed by atoms with E-state index in [1.165, 1.54) is 17.5 Å². The molecule has 0 radical (unpaired) electrons. The Kier molecular flexibility index (Phi) is 15.2. The lowest BCUT2D eigenvalue weighted by Gasteiger charge is -2.10. The summed E-state index contributed by atoms with van der Waals surface area (Å²) in [5.74, 6) is 1.71. The van der Waals surface area contributed by atoms with E-state index < -0.39 is 0 Å². The summed E-state index contributed by atoms with van der Waals surface area (Å²) in [5.41, 5.74) is 18.3. The van der Waals surface area contributed by atoms with Gasteiger partial charge in [-0.2, -0.15) is 0 Å². The van der Waals surface area contributed by atoms with Crippen LogP contribution in [0.2, 0.25) is 0 Å². The molecule has 0 fully saturated rings. The summed E-state index contributed by atoms with van der Waals surface area (Å²) in [6, 6.07) is 24.4. The zero-order valence-electron chi connectivity index (χ0n) is 25.1. The van der Waals surface area contributed by atoms with Crippen molar-refractivity contribution < 1.29 is 9.47 Å². The summed E-state index contributed by atoms with van der Waals surface area (Å²) in [6.07, 6.45) is 9.62. The van der Waals surface area contributed by atoms with Crippen LogP contribution in [-0.4, -0.2) is 26.2 Å². The Bertz CT molecular complexity index is 1250. The van der Waals surface area contributed by atoms with E-state index in [-0.39, 0.29) is 0 Å². The van der Waals surface area contributed by atoms with Crippen LogP contribution in [0, 0.1) is 0 Å². The highest BCUT2D eigenvalue weighted by Crippen LogP contribution is 2.16. The molecule has 0 saturated carbocycles. The Morgan fingerprint density at radius 1 is 0.738 bits per heavy atom. The van der Waals surface area contributed by atoms with Crippen molar-refractivity contribution in [3.63, 3.8) is 0 Å². The van der Waals surface area contributed by atoms with E-state index in [1.54, 1.807) is 0 Å². The van der Waals surface area contributed by atoms with Crippen molar-refractivity contribution in [2.75, 3.05) is 26.2 Å². The molecule has 0 aliphatic rings. The average molecular weight is 569 g/mol. The average Bonchev–Trinajstić information content (AvgIpc) is 3.04. The van der Waals surface area contributed by atoms with Crippen molar-refractivity contribution in [3.8, 4) is 11.5 Å². The van der Waals surface area contributed by atoms with E-state index in [2.05, 4.69) is 53.6 Å². The second-order valence-electron chi connectivity index (χ2n) is 10.3. The number of nitrogens with one attached hydrogen (secondary N) is 2. The van der Waals surface area contributed by atoms with Crippen molar-refractivity contribution in [2.45, 2.75) is 52.4 Å². The first kappa shape index (κ1) is 32.8. The van der Waals surface area contributed by atoms with Crippen LogP contribution in [0.5, 0.6) is 11.5 Å². The molecule has 224 valence electrons. The Balaban J connectivity index is 1.25. The topological polar surface area (TPSA) is 94.6 Å². The smallest absolute Gasteiger partial charge is 0.119 e. The van der Waals surface area contributed by atoms with Gasteiger partial charge in [0.1, 0.15) is 24.7 Å². The van der Waals surface area contributed by atoms with Crippen LogP contribution in [0.4, 0.5) is 0 Å². The van der Waals surface area contributed by atoms with E-state index in [0.717, 1.165) is 72.8 Å². The summed E-state index contributed by atoms with van der Waals surface area (Å²) in [6.45, 7) is 11.8. The number of benzene rings is 3. The van der Waals surface area contributed by atoms with Crippen LogP contribution in [0.25, 0.3) is 0 Å². The normalized spacial score (nSPS) is 11.9. The van der Waals surface area contributed by atoms with Gasteiger partial charge in [0.05, 0.1) is 0 Å². The Labute approximate surface area is 252 Å². The first-order valence-corrected chi connectivity index (χ1v) is 14.9. The SMILES string of the molecule is C=C/C(=C\C(=C/C)COc1ccc(CN)cc1)CNCCCCCNCc1cccc(COc2ccc(CN)cc2)c1. The Morgan fingerprint density at radius 3 is 1.98 bits per heavy atom. The number of hydrogen-bond donors (Lipinski definition) is 4. The van der Waals surface area contributed by atoms with Gasteiger partial charge in [0, 0.05) is 26.2 Å². The molecule has 3 aromatic rings. The van der Waals surface area contributed by atoms with Crippen LogP contribution in [0.15, 0.2) is 109 Å². The number of nitrogens with two attached hydrogens (primary N) is 2. The maximum atomic E-state index is 5.94. The molecule has 42 heavy (non-hydrogen) atoms. The zero-order valence-corrected chi connectivity index (χ0v) is 25.1. The molecule has 0 saturated heterocycles. The number of unbranched alkanes of at least 4 members (excludes halogenated alkanes) is 2. The standard InChI is InChI=1S/C36H48N4O2/c1-3-29(21-30(4-2)27-41-35-15-11-31(23-37)12-16-35)25-39-19-6-5-7-20-40-26-33-9-8-10-34(22-33)28-42-36-17-13-32(24-38)14-18-36/h3-4,8-18,21-22,39-40H,1,5-7,19-20,23-28,37-38H2,2H3/b29-21+,30-4+. The quantitative estimate of drug-likeness (QED) is 0.0962. The zero-order chi connectivity index (χ0) is 29.8. The molecule has 6 N–H and O–H groups in total. The van der Waals surface area contributed by atoms with Gasteiger partial charge in [0.15, 0.2) is 0 Å². The molecular formula is C36H48N4O2. The fraction of sp³-hybridized carbons (Fsp3) is 0.333. The highest BCUT2D eigenvalue weighted by atomic mass is 16.5. The molecule has 0 amide bonds. The molecule has 6 nitrogen and oxygen atoms in total. The van der Waals surface area contributed by atoms with Crippen molar-refractivity contribution >= 4 is 0 Å². The van der Waals surface area contributed by atoms with Crippen molar-refractivity contribution in [3.05, 3.63) is 131 Å². The molecule has 0 spiro atoms. The summed E-state index contributed by atoms with van der Waals surface area (Å²) in [5, 5.41) is 7.12. The van der Waals surface area contributed by atoms with E-state index in [0.29, 0.717) is 26.3 Å². The van der Waals surface area contributed by atoms with Crippen molar-refractivity contribution in [1.82, 2.24) is 10.6 Å². The maximum absolute atomic E-state index is 5.94. The predicted molar refractivity (Wildman–Crippen MR) is 175 cm³/mol. The number of rotatable bonds is 20. The molecule has 0 bridgehead atoms. The fourth-order valence-electron chi connectivity index (χ4n) is 4.38. The molecule has 0 unspecified atom stereocenters. The van der Waals surface area contributed by atoms with E-state index in [4.69, 9.17) is 20.9 Å². The molecular weight excluding hydrogens is 520 g/mol. The second-order valence-corrected chi connectivity index (χ2v) is 10.3. The maximum Gasteiger partial charge on any atom is 0.119 e. The number of allylic oxidation sites excluding steroid dienone is 1. The molecule has 3 aromatic carbocycles. The summed E-state index contributed by atoms with van der Waals surface area (Å²) in [7, 11) is 0. The number of ether oxygens (including phenoxy) is 2. The Hall–Kier alpha value is -3.68. The Morgan fingerprint density at radius 2 is 1.36 bits per heavy atom. The summed E-state index contributed by atoms with van der Waals surface area (Å²) < 4.78 is 11.9. The van der Waals surface area contributed by atoms with Gasteiger partial charge in [-0.1, -0.05) is 79.8 Å². The lowest BCUT2D eigenvalue weighted by molar-refractivity contribution is 0.306. The molecule has 0 aliphatic heterocycles. The van der Waals surface area contributed by atoms with E-state index >= 15 is 0 Å². The lowest BCUT2D eigenvalue weighted by atomic mass is 10.1. The molecule has 6 heteroatoms. The third-order valence-electron chi connectivity index (χ3n) is 6.99. The minimum absolute atomic E-state index is 0.519. The van der Waals surface area contributed by atoms with Crippen LogP contribution in [0.3, 0.4) is 0 Å². The van der Waals surface area contributed by atoms with Gasteiger partial charge in [0.2, 0.25) is 0 Å². The van der Waals surface area contributed by atoms with Gasteiger partial charge in [-0.25, -0.2) is 0 Å². The third kappa shape index (κ3) is 12.5. The first-order valence-electron chi connectivity index (χ1n) is 14.9. The van der Waals surface area contributed by atoms with Gasteiger partial charge >= 0.3 is 0 Å². The second kappa shape index (κ2) is 19.4. The third-order valence-corrected chi connectivity index (χ3v) is 6.99. The lowest BCUT2D eigenvalue weighted by Crippen LogP contribution is -2.19. The molecule has 3 rings (SSSR count). The molecule has 0 atom stereocenters. The van der Waals surface area contributed by atoms with Gasteiger partial charge in [-0.15, -0.1) is 0 Å². The minimum atomic E-state index is 0.519. The van der Waals surface area contributed by atoms with E-state index in [1.807, 2.05) is 61.5 Å². The van der Waals surface area contributed by atoms with E-state index in [9.17, 15) is 0 Å². The largest absolute Gasteiger partial charge is 0.489 e. The predicted octanol–water partition coefficient (Wildman–Crippen LogP) is 6.17. The van der Waals surface area contributed by atoms with Gasteiger partial charge < -0.3 is 31.6 Å². The van der Waals surface area contributed by atoms with Crippen molar-refractivity contribution in [1.29, 1.82) is 0 Å². The summed E-state index contributed by atoms with van der Waals surface area (Å²) in [4.78, 5) is 0. The molecule has 0 aliphatic carbocycles. The van der Waals surface area contributed by atoms with Crippen LogP contribution < -0.4 is 31.6 Å². The highest BCUT2D eigenvalue weighted by molar-refractivity contribution is 5.32. The van der Waals surface area contributed by atoms with Gasteiger partial charge in [-0.3, -0.25) is 0 Å². The molecule has 0 heterocycles. The van der Waals surface area contributed by atoms with Crippen LogP contribution in [0.1, 0.15) is 48.4 Å². The monoisotopic (exact) mass is 568 g/mol. The van der Waals surface area contributed by atoms with Crippen molar-refractivity contribution in [2.24, 2.45) is 11.5 Å². The van der Waals surface area contributed by atoms with Crippen LogP contribution in [-0.2, 0) is 26.2 Å². The first-order chi connectivity index (χ1) is 20.6. The van der Waals surface area contributed by atoms with Crippen LogP contribution >= 0.6 is 0 Å². The minimum Gasteiger partial charge on any atom is -0.489 e. The fourth-order valence-corrected chi connectivity index (χ4v) is 4.38. The van der Waals surface area contributed by atoms with Gasteiger partial charge in [-0.05, 0) is 90.5 Å². The van der Waals surface area contributed by atoms with Gasteiger partial charge in [0.25, 0.3) is 0 Å². The summed E-state index contributed by atoms with van der Waals surface area (Å²) >= 11 is 0. The highest BCUT2D eigenvalue weighted by Gasteiger charge is 2.02. The number of hydrogen-bond acceptors (Lipinski definition) is 6.